The van der Waals surface area contributed by atoms with E-state index in [-0.39, 0.29) is 11.1 Å². The van der Waals surface area contributed by atoms with Gasteiger partial charge in [-0.25, -0.2) is 4.79 Å². The van der Waals surface area contributed by atoms with Gasteiger partial charge in [-0.3, -0.25) is 4.79 Å². The molecule has 1 amide bonds. The predicted octanol–water partition coefficient (Wildman–Crippen LogP) is 7.54. The van der Waals surface area contributed by atoms with E-state index >= 15 is 0 Å². The zero-order valence-electron chi connectivity index (χ0n) is 22.7. The molecule has 0 heterocycles. The molecule has 0 spiro atoms. The van der Waals surface area contributed by atoms with Crippen LogP contribution < -0.4 is 14.8 Å². The number of carbonyl (C=O) groups excluding carboxylic acids is 2. The normalized spacial score (nSPS) is 11.0. The average molecular weight is 524 g/mol. The monoisotopic (exact) mass is 523 g/mol. The van der Waals surface area contributed by atoms with Crippen LogP contribution in [0.25, 0.3) is 11.1 Å². The molecule has 0 fully saturated rings. The van der Waals surface area contributed by atoms with E-state index in [0.29, 0.717) is 30.4 Å². The zero-order chi connectivity index (χ0) is 27.8. The third-order valence-electron chi connectivity index (χ3n) is 5.74. The SMILES string of the molecule is CCOc1ccc(OCc2ccccc2)c(C(=O)Nc2cc(-c3ccccc3)ccc2C(=O)OC(C)(C)C)c1. The summed E-state index contributed by atoms with van der Waals surface area (Å²) in [6, 6.07) is 29.9. The first kappa shape index (κ1) is 27.5. The summed E-state index contributed by atoms with van der Waals surface area (Å²) in [5, 5.41) is 2.94. The minimum atomic E-state index is -0.694. The first-order valence-electron chi connectivity index (χ1n) is 12.9. The predicted molar refractivity (Wildman–Crippen MR) is 153 cm³/mol. The van der Waals surface area contributed by atoms with Crippen LogP contribution in [0.2, 0.25) is 0 Å². The van der Waals surface area contributed by atoms with Gasteiger partial charge in [0.25, 0.3) is 5.91 Å². The standard InChI is InChI=1S/C33H33NO5/c1-5-37-26-17-19-30(38-22-23-12-8-6-9-13-23)28(21-26)31(35)34-29-20-25(24-14-10-7-11-15-24)16-18-27(29)32(36)39-33(2,3)4/h6-21H,5,22H2,1-4H3,(H,34,35). The van der Waals surface area contributed by atoms with E-state index in [4.69, 9.17) is 14.2 Å². The molecule has 200 valence electrons. The highest BCUT2D eigenvalue weighted by atomic mass is 16.6. The topological polar surface area (TPSA) is 73.9 Å². The molecule has 4 aromatic rings. The Morgan fingerprint density at radius 1 is 0.744 bits per heavy atom. The van der Waals surface area contributed by atoms with Gasteiger partial charge in [0.05, 0.1) is 23.4 Å². The first-order chi connectivity index (χ1) is 18.7. The summed E-state index contributed by atoms with van der Waals surface area (Å²) in [7, 11) is 0. The van der Waals surface area contributed by atoms with Crippen LogP contribution in [0, 0.1) is 0 Å². The summed E-state index contributed by atoms with van der Waals surface area (Å²) in [5.74, 6) is -0.0198. The number of benzene rings is 4. The fourth-order valence-corrected chi connectivity index (χ4v) is 3.96. The van der Waals surface area contributed by atoms with Crippen molar-refractivity contribution in [3.05, 3.63) is 114 Å². The van der Waals surface area contributed by atoms with Crippen LogP contribution in [0.3, 0.4) is 0 Å². The van der Waals surface area contributed by atoms with Crippen LogP contribution in [-0.2, 0) is 11.3 Å². The van der Waals surface area contributed by atoms with Gasteiger partial charge in [0, 0.05) is 0 Å². The van der Waals surface area contributed by atoms with E-state index in [1.807, 2.05) is 73.7 Å². The van der Waals surface area contributed by atoms with Gasteiger partial charge in [0.15, 0.2) is 0 Å². The van der Waals surface area contributed by atoms with Crippen molar-refractivity contribution in [2.75, 3.05) is 11.9 Å². The van der Waals surface area contributed by atoms with Crippen LogP contribution in [0.15, 0.2) is 97.1 Å². The maximum atomic E-state index is 13.7. The lowest BCUT2D eigenvalue weighted by molar-refractivity contribution is 0.00707. The number of hydrogen-bond acceptors (Lipinski definition) is 5. The summed E-state index contributed by atoms with van der Waals surface area (Å²) in [4.78, 5) is 26.8. The number of ether oxygens (including phenoxy) is 3. The number of amides is 1. The maximum absolute atomic E-state index is 13.7. The van der Waals surface area contributed by atoms with Crippen LogP contribution in [-0.4, -0.2) is 24.1 Å². The van der Waals surface area contributed by atoms with Gasteiger partial charge in [-0.05, 0) is 74.7 Å². The van der Waals surface area contributed by atoms with E-state index in [2.05, 4.69) is 5.32 Å². The molecule has 0 saturated carbocycles. The highest BCUT2D eigenvalue weighted by Gasteiger charge is 2.23. The molecule has 0 bridgehead atoms. The molecule has 0 aliphatic rings. The van der Waals surface area contributed by atoms with Crippen molar-refractivity contribution in [3.8, 4) is 22.6 Å². The van der Waals surface area contributed by atoms with Gasteiger partial charge in [0.2, 0.25) is 0 Å². The fraction of sp³-hybridized carbons (Fsp3) is 0.212. The van der Waals surface area contributed by atoms with Crippen LogP contribution >= 0.6 is 0 Å². The highest BCUT2D eigenvalue weighted by molar-refractivity contribution is 6.10. The Morgan fingerprint density at radius 2 is 1.44 bits per heavy atom. The van der Waals surface area contributed by atoms with Gasteiger partial charge in [0.1, 0.15) is 23.7 Å². The van der Waals surface area contributed by atoms with E-state index in [1.54, 1.807) is 51.1 Å². The third-order valence-corrected chi connectivity index (χ3v) is 5.74. The average Bonchev–Trinajstić information content (AvgIpc) is 2.92. The molecule has 39 heavy (non-hydrogen) atoms. The van der Waals surface area contributed by atoms with Gasteiger partial charge >= 0.3 is 5.97 Å². The summed E-state index contributed by atoms with van der Waals surface area (Å²) >= 11 is 0. The Balaban J connectivity index is 1.70. The van der Waals surface area contributed by atoms with Crippen molar-refractivity contribution in [1.29, 1.82) is 0 Å². The quantitative estimate of drug-likeness (QED) is 0.229. The number of anilines is 1. The maximum Gasteiger partial charge on any atom is 0.340 e. The second-order valence-corrected chi connectivity index (χ2v) is 9.95. The van der Waals surface area contributed by atoms with Crippen LogP contribution in [0.5, 0.6) is 11.5 Å². The Labute approximate surface area is 229 Å². The van der Waals surface area contributed by atoms with Crippen molar-refractivity contribution in [2.45, 2.75) is 39.9 Å². The molecule has 0 radical (unpaired) electrons. The Kier molecular flexibility index (Phi) is 8.67. The van der Waals surface area contributed by atoms with Gasteiger partial charge in [-0.1, -0.05) is 66.7 Å². The van der Waals surface area contributed by atoms with Gasteiger partial charge in [-0.15, -0.1) is 0 Å². The van der Waals surface area contributed by atoms with Crippen molar-refractivity contribution >= 4 is 17.6 Å². The molecule has 4 rings (SSSR count). The summed E-state index contributed by atoms with van der Waals surface area (Å²) in [5.41, 5.74) is 2.96. The highest BCUT2D eigenvalue weighted by Crippen LogP contribution is 2.30. The summed E-state index contributed by atoms with van der Waals surface area (Å²) < 4.78 is 17.3. The summed E-state index contributed by atoms with van der Waals surface area (Å²) in [6.45, 7) is 8.03. The van der Waals surface area contributed by atoms with E-state index < -0.39 is 17.5 Å². The molecule has 0 aliphatic heterocycles. The molecule has 6 heteroatoms. The largest absolute Gasteiger partial charge is 0.494 e. The van der Waals surface area contributed by atoms with Gasteiger partial charge < -0.3 is 19.5 Å². The zero-order valence-corrected chi connectivity index (χ0v) is 22.7. The number of carbonyl (C=O) groups is 2. The number of rotatable bonds is 9. The van der Waals surface area contributed by atoms with Crippen LogP contribution in [0.1, 0.15) is 54.0 Å². The molecule has 6 nitrogen and oxygen atoms in total. The lowest BCUT2D eigenvalue weighted by Gasteiger charge is -2.21. The van der Waals surface area contributed by atoms with Crippen molar-refractivity contribution < 1.29 is 23.8 Å². The molecular formula is C33H33NO5. The summed E-state index contributed by atoms with van der Waals surface area (Å²) in [6.07, 6.45) is 0. The van der Waals surface area contributed by atoms with Crippen molar-refractivity contribution in [3.63, 3.8) is 0 Å². The second kappa shape index (κ2) is 12.3. The lowest BCUT2D eigenvalue weighted by atomic mass is 10.0. The minimum absolute atomic E-state index is 0.255. The molecule has 4 aromatic carbocycles. The van der Waals surface area contributed by atoms with E-state index in [0.717, 1.165) is 16.7 Å². The first-order valence-corrected chi connectivity index (χ1v) is 12.9. The fourth-order valence-electron chi connectivity index (χ4n) is 3.96. The second-order valence-electron chi connectivity index (χ2n) is 9.95. The third kappa shape index (κ3) is 7.48. The Bertz CT molecular complexity index is 1430. The van der Waals surface area contributed by atoms with E-state index in [1.165, 1.54) is 0 Å². The molecule has 1 N–H and O–H groups in total. The lowest BCUT2D eigenvalue weighted by Crippen LogP contribution is -2.25. The van der Waals surface area contributed by atoms with Crippen molar-refractivity contribution in [2.24, 2.45) is 0 Å². The molecule has 0 atom stereocenters. The Hall–Kier alpha value is -4.58. The number of nitrogens with one attached hydrogen (secondary N) is 1. The molecule has 0 unspecified atom stereocenters. The molecule has 0 aromatic heterocycles. The minimum Gasteiger partial charge on any atom is -0.494 e. The molecular weight excluding hydrogens is 490 g/mol. The van der Waals surface area contributed by atoms with E-state index in [9.17, 15) is 9.59 Å². The van der Waals surface area contributed by atoms with Gasteiger partial charge in [-0.2, -0.15) is 0 Å². The van der Waals surface area contributed by atoms with Crippen molar-refractivity contribution in [1.82, 2.24) is 0 Å². The number of hydrogen-bond donors (Lipinski definition) is 1. The molecule has 0 saturated heterocycles. The number of esters is 1. The Morgan fingerprint density at radius 3 is 2.10 bits per heavy atom. The molecule has 0 aliphatic carbocycles. The smallest absolute Gasteiger partial charge is 0.340 e. The van der Waals surface area contributed by atoms with Crippen LogP contribution in [0.4, 0.5) is 5.69 Å².